The van der Waals surface area contributed by atoms with E-state index in [1.54, 1.807) is 42.5 Å². The number of ketones is 2. The zero-order valence-electron chi connectivity index (χ0n) is 14.7. The lowest BCUT2D eigenvalue weighted by Crippen LogP contribution is -2.29. The number of rotatable bonds is 6. The molecular formula is C21H24O3. The molecule has 126 valence electrons. The average molecular weight is 324 g/mol. The van der Waals surface area contributed by atoms with E-state index in [9.17, 15) is 9.59 Å². The molecular weight excluding hydrogens is 300 g/mol. The van der Waals surface area contributed by atoms with Crippen LogP contribution < -0.4 is 4.74 Å². The first-order valence-corrected chi connectivity index (χ1v) is 8.16. The van der Waals surface area contributed by atoms with Gasteiger partial charge in [0.2, 0.25) is 0 Å². The van der Waals surface area contributed by atoms with Crippen molar-refractivity contribution in [2.45, 2.75) is 40.2 Å². The normalized spacial score (nSPS) is 12.5. The largest absolute Gasteiger partial charge is 0.489 e. The maximum atomic E-state index is 12.6. The van der Waals surface area contributed by atoms with Crippen LogP contribution in [0.25, 0.3) is 0 Å². The molecule has 0 fully saturated rings. The standard InChI is InChI=1S/C21H24O3/c1-15(21(2,3)4)24-20-13-9-8-12-17(20)19(23)14-18(22)16-10-6-5-7-11-16/h5-13,15H,14H2,1-4H3. The summed E-state index contributed by atoms with van der Waals surface area (Å²) < 4.78 is 5.99. The van der Waals surface area contributed by atoms with Gasteiger partial charge in [0.25, 0.3) is 0 Å². The molecule has 0 saturated heterocycles. The molecule has 2 rings (SSSR count). The van der Waals surface area contributed by atoms with E-state index in [4.69, 9.17) is 4.74 Å². The summed E-state index contributed by atoms with van der Waals surface area (Å²) in [4.78, 5) is 24.8. The van der Waals surface area contributed by atoms with Gasteiger partial charge in [-0.1, -0.05) is 63.2 Å². The Morgan fingerprint density at radius 3 is 2.12 bits per heavy atom. The second-order valence-corrected chi connectivity index (χ2v) is 7.01. The maximum Gasteiger partial charge on any atom is 0.174 e. The van der Waals surface area contributed by atoms with Crippen molar-refractivity contribution in [3.8, 4) is 5.75 Å². The van der Waals surface area contributed by atoms with Crippen molar-refractivity contribution in [1.82, 2.24) is 0 Å². The van der Waals surface area contributed by atoms with Crippen LogP contribution in [0.15, 0.2) is 54.6 Å². The Labute approximate surface area is 143 Å². The summed E-state index contributed by atoms with van der Waals surface area (Å²) in [5, 5.41) is 0. The van der Waals surface area contributed by atoms with Gasteiger partial charge in [-0.05, 0) is 24.5 Å². The Balaban J connectivity index is 2.17. The van der Waals surface area contributed by atoms with Gasteiger partial charge in [0.15, 0.2) is 11.6 Å². The lowest BCUT2D eigenvalue weighted by molar-refractivity contribution is 0.0871. The third-order valence-electron chi connectivity index (χ3n) is 4.13. The second-order valence-electron chi connectivity index (χ2n) is 7.01. The fraction of sp³-hybridized carbons (Fsp3) is 0.333. The van der Waals surface area contributed by atoms with Crippen LogP contribution in [0.5, 0.6) is 5.75 Å². The number of hydrogen-bond donors (Lipinski definition) is 0. The molecule has 0 aliphatic rings. The molecule has 24 heavy (non-hydrogen) atoms. The predicted molar refractivity (Wildman–Crippen MR) is 95.7 cm³/mol. The van der Waals surface area contributed by atoms with Crippen molar-refractivity contribution in [3.63, 3.8) is 0 Å². The van der Waals surface area contributed by atoms with E-state index in [0.29, 0.717) is 16.9 Å². The molecule has 3 heteroatoms. The topological polar surface area (TPSA) is 43.4 Å². The average Bonchev–Trinajstić information content (AvgIpc) is 2.55. The molecule has 0 aliphatic heterocycles. The lowest BCUT2D eigenvalue weighted by atomic mass is 9.90. The molecule has 0 aliphatic carbocycles. The van der Waals surface area contributed by atoms with E-state index in [-0.39, 0.29) is 29.5 Å². The van der Waals surface area contributed by atoms with Gasteiger partial charge in [-0.3, -0.25) is 9.59 Å². The van der Waals surface area contributed by atoms with Crippen LogP contribution in [0.1, 0.15) is 54.8 Å². The number of benzene rings is 2. The Bertz CT molecular complexity index is 711. The Kier molecular flexibility index (Phi) is 5.55. The monoisotopic (exact) mass is 324 g/mol. The Morgan fingerprint density at radius 2 is 1.50 bits per heavy atom. The van der Waals surface area contributed by atoms with Crippen LogP contribution in [-0.2, 0) is 0 Å². The molecule has 2 aromatic rings. The number of para-hydroxylation sites is 1. The van der Waals surface area contributed by atoms with E-state index >= 15 is 0 Å². The van der Waals surface area contributed by atoms with Gasteiger partial charge in [-0.15, -0.1) is 0 Å². The third-order valence-corrected chi connectivity index (χ3v) is 4.13. The number of carbonyl (C=O) groups is 2. The van der Waals surface area contributed by atoms with Crippen molar-refractivity contribution in [2.24, 2.45) is 5.41 Å². The summed E-state index contributed by atoms with van der Waals surface area (Å²) in [7, 11) is 0. The third kappa shape index (κ3) is 4.54. The number of carbonyl (C=O) groups excluding carboxylic acids is 2. The van der Waals surface area contributed by atoms with Gasteiger partial charge in [-0.2, -0.15) is 0 Å². The molecule has 2 aromatic carbocycles. The fourth-order valence-corrected chi connectivity index (χ4v) is 2.13. The van der Waals surface area contributed by atoms with E-state index in [2.05, 4.69) is 20.8 Å². The quantitative estimate of drug-likeness (QED) is 0.557. The Morgan fingerprint density at radius 1 is 0.917 bits per heavy atom. The minimum absolute atomic E-state index is 0.0456. The lowest BCUT2D eigenvalue weighted by Gasteiger charge is -2.28. The fourth-order valence-electron chi connectivity index (χ4n) is 2.13. The van der Waals surface area contributed by atoms with Gasteiger partial charge >= 0.3 is 0 Å². The van der Waals surface area contributed by atoms with Crippen molar-refractivity contribution in [1.29, 1.82) is 0 Å². The van der Waals surface area contributed by atoms with Crippen LogP contribution in [-0.4, -0.2) is 17.7 Å². The van der Waals surface area contributed by atoms with Crippen molar-refractivity contribution in [3.05, 3.63) is 65.7 Å². The first-order valence-electron chi connectivity index (χ1n) is 8.16. The van der Waals surface area contributed by atoms with Crippen LogP contribution in [0, 0.1) is 5.41 Å². The summed E-state index contributed by atoms with van der Waals surface area (Å²) in [6.07, 6.45) is -0.217. The minimum atomic E-state index is -0.222. The molecule has 3 nitrogen and oxygen atoms in total. The summed E-state index contributed by atoms with van der Waals surface area (Å²) >= 11 is 0. The van der Waals surface area contributed by atoms with E-state index in [1.807, 2.05) is 19.1 Å². The summed E-state index contributed by atoms with van der Waals surface area (Å²) in [5.74, 6) is 0.130. The number of Topliss-reactive ketones (excluding diaryl/α,β-unsaturated/α-hetero) is 2. The van der Waals surface area contributed by atoms with Gasteiger partial charge in [-0.25, -0.2) is 0 Å². The van der Waals surface area contributed by atoms with Gasteiger partial charge in [0.05, 0.1) is 12.0 Å². The molecule has 0 saturated carbocycles. The Hall–Kier alpha value is -2.42. The SMILES string of the molecule is CC(Oc1ccccc1C(=O)CC(=O)c1ccccc1)C(C)(C)C. The molecule has 0 aromatic heterocycles. The molecule has 0 N–H and O–H groups in total. The van der Waals surface area contributed by atoms with Gasteiger partial charge in [0.1, 0.15) is 11.9 Å². The molecule has 1 unspecified atom stereocenters. The highest BCUT2D eigenvalue weighted by Crippen LogP contribution is 2.27. The summed E-state index contributed by atoms with van der Waals surface area (Å²) in [6.45, 7) is 8.24. The molecule has 0 radical (unpaired) electrons. The van der Waals surface area contributed by atoms with Crippen molar-refractivity contribution >= 4 is 11.6 Å². The first kappa shape index (κ1) is 17.9. The smallest absolute Gasteiger partial charge is 0.174 e. The summed E-state index contributed by atoms with van der Waals surface area (Å²) in [6, 6.07) is 16.0. The molecule has 0 bridgehead atoms. The van der Waals surface area contributed by atoms with Crippen LogP contribution in [0.3, 0.4) is 0 Å². The van der Waals surface area contributed by atoms with Crippen LogP contribution in [0.4, 0.5) is 0 Å². The molecule has 0 spiro atoms. The number of ether oxygens (including phenoxy) is 1. The van der Waals surface area contributed by atoms with E-state index < -0.39 is 0 Å². The van der Waals surface area contributed by atoms with Crippen molar-refractivity contribution < 1.29 is 14.3 Å². The first-order chi connectivity index (χ1) is 11.3. The van der Waals surface area contributed by atoms with Crippen molar-refractivity contribution in [2.75, 3.05) is 0 Å². The van der Waals surface area contributed by atoms with Crippen LogP contribution >= 0.6 is 0 Å². The highest BCUT2D eigenvalue weighted by atomic mass is 16.5. The van der Waals surface area contributed by atoms with E-state index in [1.165, 1.54) is 0 Å². The van der Waals surface area contributed by atoms with E-state index in [0.717, 1.165) is 0 Å². The summed E-state index contributed by atoms with van der Waals surface area (Å²) in [5.41, 5.74) is 0.959. The molecule has 0 heterocycles. The maximum absolute atomic E-state index is 12.6. The molecule has 1 atom stereocenters. The highest BCUT2D eigenvalue weighted by Gasteiger charge is 2.24. The zero-order chi connectivity index (χ0) is 17.7. The van der Waals surface area contributed by atoms with Gasteiger partial charge < -0.3 is 4.74 Å². The predicted octanol–water partition coefficient (Wildman–Crippen LogP) is 4.96. The number of hydrogen-bond acceptors (Lipinski definition) is 3. The van der Waals surface area contributed by atoms with Crippen LogP contribution in [0.2, 0.25) is 0 Å². The molecule has 0 amide bonds. The van der Waals surface area contributed by atoms with Gasteiger partial charge in [0, 0.05) is 5.56 Å². The second kappa shape index (κ2) is 7.43. The minimum Gasteiger partial charge on any atom is -0.489 e. The zero-order valence-corrected chi connectivity index (χ0v) is 14.7. The highest BCUT2D eigenvalue weighted by molar-refractivity contribution is 6.14.